The maximum atomic E-state index is 12.2. The van der Waals surface area contributed by atoms with Gasteiger partial charge in [-0.05, 0) is 47.5 Å². The number of carbonyl (C=O) groups excluding carboxylic acids is 1. The summed E-state index contributed by atoms with van der Waals surface area (Å²) in [6.07, 6.45) is 0.788. The molecule has 2 rings (SSSR count). The van der Waals surface area contributed by atoms with Gasteiger partial charge in [-0.1, -0.05) is 11.6 Å². The fourth-order valence-corrected chi connectivity index (χ4v) is 2.99. The van der Waals surface area contributed by atoms with Crippen molar-refractivity contribution in [2.45, 2.75) is 31.5 Å². The van der Waals surface area contributed by atoms with Crippen LogP contribution in [0.4, 0.5) is 0 Å². The van der Waals surface area contributed by atoms with E-state index in [1.807, 2.05) is 6.92 Å². The van der Waals surface area contributed by atoms with E-state index in [1.165, 1.54) is 0 Å². The molecule has 104 valence electrons. The Bertz CT molecular complexity index is 482. The number of nitrogens with two attached hydrogens (primary N) is 1. The Labute approximate surface area is 125 Å². The molecule has 0 saturated heterocycles. The van der Waals surface area contributed by atoms with Crippen LogP contribution in [0.25, 0.3) is 0 Å². The van der Waals surface area contributed by atoms with E-state index in [4.69, 9.17) is 22.1 Å². The monoisotopic (exact) mass is 346 g/mol. The van der Waals surface area contributed by atoms with E-state index in [1.54, 1.807) is 18.2 Å². The number of halogens is 2. The van der Waals surface area contributed by atoms with Crippen LogP contribution in [0.1, 0.15) is 23.7 Å². The van der Waals surface area contributed by atoms with Crippen molar-refractivity contribution in [2.75, 3.05) is 6.61 Å². The van der Waals surface area contributed by atoms with Crippen LogP contribution >= 0.6 is 27.5 Å². The van der Waals surface area contributed by atoms with Gasteiger partial charge in [0.25, 0.3) is 5.91 Å². The lowest BCUT2D eigenvalue weighted by Gasteiger charge is -2.42. The second-order valence-electron chi connectivity index (χ2n) is 4.52. The number of rotatable bonds is 4. The molecule has 19 heavy (non-hydrogen) atoms. The van der Waals surface area contributed by atoms with Gasteiger partial charge >= 0.3 is 0 Å². The van der Waals surface area contributed by atoms with Crippen molar-refractivity contribution in [3.05, 3.63) is 33.3 Å². The summed E-state index contributed by atoms with van der Waals surface area (Å²) >= 11 is 9.18. The Morgan fingerprint density at radius 3 is 2.95 bits per heavy atom. The fourth-order valence-electron chi connectivity index (χ4n) is 2.13. The molecular formula is C13H16BrClN2O2. The zero-order valence-electron chi connectivity index (χ0n) is 10.5. The minimum Gasteiger partial charge on any atom is -0.376 e. The first-order valence-electron chi connectivity index (χ1n) is 6.16. The van der Waals surface area contributed by atoms with E-state index in [-0.39, 0.29) is 24.1 Å². The highest BCUT2D eigenvalue weighted by Gasteiger charge is 2.40. The second kappa shape index (κ2) is 6.22. The summed E-state index contributed by atoms with van der Waals surface area (Å²) in [5.41, 5.74) is 6.44. The summed E-state index contributed by atoms with van der Waals surface area (Å²) in [5, 5.41) is 3.50. The molecule has 0 aliphatic heterocycles. The van der Waals surface area contributed by atoms with Crippen molar-refractivity contribution in [3.63, 3.8) is 0 Å². The van der Waals surface area contributed by atoms with Gasteiger partial charge in [0, 0.05) is 22.1 Å². The van der Waals surface area contributed by atoms with Crippen LogP contribution < -0.4 is 11.1 Å². The van der Waals surface area contributed by atoms with Crippen molar-refractivity contribution >= 4 is 33.4 Å². The maximum absolute atomic E-state index is 12.2. The molecule has 6 heteroatoms. The summed E-state index contributed by atoms with van der Waals surface area (Å²) in [7, 11) is 0. The smallest absolute Gasteiger partial charge is 0.252 e. The van der Waals surface area contributed by atoms with Crippen LogP contribution in [-0.2, 0) is 4.74 Å². The quantitative estimate of drug-likeness (QED) is 0.878. The molecule has 1 aliphatic rings. The van der Waals surface area contributed by atoms with Crippen molar-refractivity contribution in [3.8, 4) is 0 Å². The van der Waals surface area contributed by atoms with Crippen LogP contribution in [-0.4, -0.2) is 30.7 Å². The molecular weight excluding hydrogens is 332 g/mol. The number of benzene rings is 1. The maximum Gasteiger partial charge on any atom is 0.252 e. The molecule has 0 heterocycles. The van der Waals surface area contributed by atoms with Crippen molar-refractivity contribution < 1.29 is 9.53 Å². The van der Waals surface area contributed by atoms with Gasteiger partial charge in [-0.3, -0.25) is 4.79 Å². The van der Waals surface area contributed by atoms with Gasteiger partial charge < -0.3 is 15.8 Å². The molecule has 1 aromatic rings. The summed E-state index contributed by atoms with van der Waals surface area (Å²) in [6, 6.07) is 4.88. The number of amides is 1. The highest BCUT2D eigenvalue weighted by atomic mass is 79.9. The Kier molecular flexibility index (Phi) is 4.84. The molecule has 1 saturated carbocycles. The fraction of sp³-hybridized carbons (Fsp3) is 0.462. The predicted molar refractivity (Wildman–Crippen MR) is 78.4 cm³/mol. The third-order valence-electron chi connectivity index (χ3n) is 3.22. The Hall–Kier alpha value is -0.620. The minimum absolute atomic E-state index is 0.00928. The highest BCUT2D eigenvalue weighted by Crippen LogP contribution is 2.25. The molecule has 1 aromatic carbocycles. The minimum atomic E-state index is -0.173. The Morgan fingerprint density at radius 2 is 2.37 bits per heavy atom. The van der Waals surface area contributed by atoms with Crippen LogP contribution in [0.5, 0.6) is 0 Å². The number of nitrogens with one attached hydrogen (secondary N) is 1. The lowest BCUT2D eigenvalue weighted by Crippen LogP contribution is -2.64. The van der Waals surface area contributed by atoms with Gasteiger partial charge in [0.15, 0.2) is 0 Å². The van der Waals surface area contributed by atoms with E-state index in [2.05, 4.69) is 21.2 Å². The summed E-state index contributed by atoms with van der Waals surface area (Å²) in [6.45, 7) is 2.55. The third kappa shape index (κ3) is 3.28. The largest absolute Gasteiger partial charge is 0.376 e. The average Bonchev–Trinajstić information content (AvgIpc) is 2.35. The highest BCUT2D eigenvalue weighted by molar-refractivity contribution is 9.10. The molecule has 4 nitrogen and oxygen atoms in total. The van der Waals surface area contributed by atoms with Gasteiger partial charge in [-0.25, -0.2) is 0 Å². The zero-order valence-corrected chi connectivity index (χ0v) is 12.9. The zero-order chi connectivity index (χ0) is 14.0. The van der Waals surface area contributed by atoms with Gasteiger partial charge in [0.1, 0.15) is 0 Å². The molecule has 0 spiro atoms. The first kappa shape index (κ1) is 14.8. The van der Waals surface area contributed by atoms with Gasteiger partial charge in [0.2, 0.25) is 0 Å². The number of hydrogen-bond acceptors (Lipinski definition) is 3. The Balaban J connectivity index is 2.04. The third-order valence-corrected chi connectivity index (χ3v) is 4.11. The van der Waals surface area contributed by atoms with Crippen molar-refractivity contribution in [2.24, 2.45) is 5.73 Å². The van der Waals surface area contributed by atoms with Crippen LogP contribution in [0, 0.1) is 0 Å². The molecule has 1 fully saturated rings. The number of carbonyl (C=O) groups is 1. The van der Waals surface area contributed by atoms with Gasteiger partial charge in [-0.15, -0.1) is 0 Å². The lowest BCUT2D eigenvalue weighted by molar-refractivity contribution is -0.0300. The molecule has 3 unspecified atom stereocenters. The Morgan fingerprint density at radius 1 is 1.63 bits per heavy atom. The van der Waals surface area contributed by atoms with E-state index in [0.717, 1.165) is 6.42 Å². The number of hydrogen-bond donors (Lipinski definition) is 2. The van der Waals surface area contributed by atoms with Crippen LogP contribution in [0.15, 0.2) is 22.7 Å². The summed E-state index contributed by atoms with van der Waals surface area (Å²) in [4.78, 5) is 12.2. The van der Waals surface area contributed by atoms with Crippen LogP contribution in [0.3, 0.4) is 0 Å². The summed E-state index contributed by atoms with van der Waals surface area (Å²) in [5.74, 6) is -0.173. The van der Waals surface area contributed by atoms with E-state index >= 15 is 0 Å². The second-order valence-corrected chi connectivity index (χ2v) is 5.81. The summed E-state index contributed by atoms with van der Waals surface area (Å²) < 4.78 is 6.18. The van der Waals surface area contributed by atoms with Crippen LogP contribution in [0.2, 0.25) is 5.02 Å². The molecule has 0 bridgehead atoms. The first-order valence-corrected chi connectivity index (χ1v) is 7.33. The topological polar surface area (TPSA) is 64.3 Å². The lowest BCUT2D eigenvalue weighted by atomic mass is 9.83. The average molecular weight is 348 g/mol. The van der Waals surface area contributed by atoms with E-state index in [9.17, 15) is 4.79 Å². The van der Waals surface area contributed by atoms with E-state index in [0.29, 0.717) is 21.7 Å². The normalized spacial score (nSPS) is 25.8. The van der Waals surface area contributed by atoms with Crippen molar-refractivity contribution in [1.82, 2.24) is 5.32 Å². The van der Waals surface area contributed by atoms with Gasteiger partial charge in [-0.2, -0.15) is 0 Å². The molecule has 1 amide bonds. The standard InChI is InChI=1S/C13H16BrClN2O2/c1-2-19-11-6-10(16)12(11)17-13(18)8-4-3-7(15)5-9(8)14/h3-5,10-12H,2,6,16H2,1H3,(H,17,18). The molecule has 0 aromatic heterocycles. The van der Waals surface area contributed by atoms with E-state index < -0.39 is 0 Å². The van der Waals surface area contributed by atoms with Gasteiger partial charge in [0.05, 0.1) is 17.7 Å². The predicted octanol–water partition coefficient (Wildman–Crippen LogP) is 2.34. The first-order chi connectivity index (χ1) is 9.02. The molecule has 0 radical (unpaired) electrons. The molecule has 3 N–H and O–H groups in total. The molecule has 3 atom stereocenters. The SMILES string of the molecule is CCOC1CC(N)C1NC(=O)c1ccc(Cl)cc1Br. The van der Waals surface area contributed by atoms with Crippen molar-refractivity contribution in [1.29, 1.82) is 0 Å². The number of ether oxygens (including phenoxy) is 1. The molecule has 1 aliphatic carbocycles.